The number of alkyl halides is 3. The van der Waals surface area contributed by atoms with Gasteiger partial charge in [-0.05, 0) is 29.7 Å². The number of nitrogens with zero attached hydrogens (tertiary/aromatic N) is 1. The van der Waals surface area contributed by atoms with Gasteiger partial charge in [0.05, 0.1) is 12.1 Å². The van der Waals surface area contributed by atoms with Crippen molar-refractivity contribution in [1.82, 2.24) is 0 Å². The number of hydrogen-bond donors (Lipinski definition) is 1. The monoisotopic (exact) mass is 304 g/mol. The van der Waals surface area contributed by atoms with E-state index < -0.39 is 11.7 Å². The predicted molar refractivity (Wildman–Crippen MR) is 81.0 cm³/mol. The molecular weight excluding hydrogens is 289 g/mol. The molecule has 0 unspecified atom stereocenters. The second kappa shape index (κ2) is 5.83. The van der Waals surface area contributed by atoms with Gasteiger partial charge >= 0.3 is 6.18 Å². The maximum absolute atomic E-state index is 12.7. The highest BCUT2D eigenvalue weighted by Gasteiger charge is 2.30. The Bertz CT molecular complexity index is 705. The number of aliphatic imine (C=N–C) groups is 1. The van der Waals surface area contributed by atoms with E-state index in [1.165, 1.54) is 12.1 Å². The van der Waals surface area contributed by atoms with Gasteiger partial charge in [0.1, 0.15) is 5.84 Å². The van der Waals surface area contributed by atoms with Crippen molar-refractivity contribution in [3.8, 4) is 0 Å². The summed E-state index contributed by atoms with van der Waals surface area (Å²) in [5.41, 5.74) is 2.22. The number of anilines is 1. The molecule has 0 amide bonds. The van der Waals surface area contributed by atoms with Crippen molar-refractivity contribution < 1.29 is 13.2 Å². The number of para-hydroxylation sites is 1. The van der Waals surface area contributed by atoms with E-state index in [9.17, 15) is 13.2 Å². The largest absolute Gasteiger partial charge is 0.416 e. The Morgan fingerprint density at radius 3 is 2.64 bits per heavy atom. The van der Waals surface area contributed by atoms with Gasteiger partial charge in [0.25, 0.3) is 0 Å². The number of halogens is 3. The highest BCUT2D eigenvalue weighted by Crippen LogP contribution is 2.30. The highest BCUT2D eigenvalue weighted by atomic mass is 19.4. The Balaban J connectivity index is 1.66. The second-order valence-corrected chi connectivity index (χ2v) is 5.24. The minimum absolute atomic E-state index is 0.526. The summed E-state index contributed by atoms with van der Waals surface area (Å²) in [6, 6.07) is 13.4. The van der Waals surface area contributed by atoms with Crippen molar-refractivity contribution in [1.29, 1.82) is 0 Å². The Hall–Kier alpha value is -2.30. The molecule has 22 heavy (non-hydrogen) atoms. The minimum atomic E-state index is -4.30. The fourth-order valence-electron chi connectivity index (χ4n) is 2.46. The molecule has 0 bridgehead atoms. The van der Waals surface area contributed by atoms with Crippen LogP contribution in [0.1, 0.15) is 23.1 Å². The second-order valence-electron chi connectivity index (χ2n) is 5.24. The van der Waals surface area contributed by atoms with Crippen LogP contribution in [0.2, 0.25) is 0 Å². The summed E-state index contributed by atoms with van der Waals surface area (Å²) in [7, 11) is 0. The Kier molecular flexibility index (Phi) is 3.88. The average Bonchev–Trinajstić information content (AvgIpc) is 2.52. The van der Waals surface area contributed by atoms with E-state index in [0.29, 0.717) is 24.9 Å². The molecule has 1 aliphatic heterocycles. The third kappa shape index (κ3) is 3.30. The van der Waals surface area contributed by atoms with Crippen molar-refractivity contribution >= 4 is 11.5 Å². The summed E-state index contributed by atoms with van der Waals surface area (Å²) in [4.78, 5) is 4.44. The lowest BCUT2D eigenvalue weighted by Crippen LogP contribution is -2.18. The zero-order valence-electron chi connectivity index (χ0n) is 11.8. The smallest absolute Gasteiger partial charge is 0.344 e. The molecule has 5 heteroatoms. The molecule has 0 saturated heterocycles. The summed E-state index contributed by atoms with van der Waals surface area (Å²) in [5.74, 6) is 0.816. The van der Waals surface area contributed by atoms with Crippen LogP contribution in [-0.2, 0) is 19.1 Å². The molecule has 0 saturated carbocycles. The van der Waals surface area contributed by atoms with Crippen LogP contribution in [-0.4, -0.2) is 5.84 Å². The zero-order chi connectivity index (χ0) is 15.6. The molecule has 114 valence electrons. The first kappa shape index (κ1) is 14.6. The van der Waals surface area contributed by atoms with Gasteiger partial charge in [0, 0.05) is 12.1 Å². The molecule has 2 aromatic rings. The molecule has 2 aromatic carbocycles. The van der Waals surface area contributed by atoms with Crippen molar-refractivity contribution in [2.45, 2.75) is 25.6 Å². The average molecular weight is 304 g/mol. The van der Waals surface area contributed by atoms with Crippen LogP contribution < -0.4 is 5.32 Å². The topological polar surface area (TPSA) is 24.4 Å². The number of nitrogens with one attached hydrogen (secondary N) is 1. The number of amidine groups is 1. The summed E-state index contributed by atoms with van der Waals surface area (Å²) >= 11 is 0. The number of aryl methyl sites for hydroxylation is 1. The van der Waals surface area contributed by atoms with Crippen molar-refractivity contribution in [2.24, 2.45) is 4.99 Å². The maximum atomic E-state index is 12.7. The van der Waals surface area contributed by atoms with Crippen LogP contribution in [0.4, 0.5) is 18.9 Å². The lowest BCUT2D eigenvalue weighted by atomic mass is 10.0. The number of rotatable bonds is 3. The van der Waals surface area contributed by atoms with Gasteiger partial charge in [0.15, 0.2) is 0 Å². The van der Waals surface area contributed by atoms with Crippen LogP contribution in [0.3, 0.4) is 0 Å². The standard InChI is InChI=1S/C17H15F3N2/c18-17(19,20)14-6-3-4-12(10-14)8-9-16-21-11-13-5-1-2-7-15(13)22-16/h1-7,10H,8-9,11H2,(H,21,22). The normalized spacial score (nSPS) is 14.0. The van der Waals surface area contributed by atoms with E-state index in [0.717, 1.165) is 23.2 Å². The molecule has 0 radical (unpaired) electrons. The maximum Gasteiger partial charge on any atom is 0.416 e. The molecule has 1 N–H and O–H groups in total. The van der Waals surface area contributed by atoms with E-state index in [4.69, 9.17) is 0 Å². The van der Waals surface area contributed by atoms with E-state index in [-0.39, 0.29) is 0 Å². The molecule has 0 spiro atoms. The number of hydrogen-bond acceptors (Lipinski definition) is 2. The molecule has 0 aromatic heterocycles. The third-order valence-electron chi connectivity index (χ3n) is 3.64. The molecule has 2 nitrogen and oxygen atoms in total. The first-order chi connectivity index (χ1) is 10.5. The first-order valence-electron chi connectivity index (χ1n) is 7.07. The Morgan fingerprint density at radius 1 is 1.00 bits per heavy atom. The number of fused-ring (bicyclic) bond motifs is 1. The molecular formula is C17H15F3N2. The summed E-state index contributed by atoms with van der Waals surface area (Å²) in [6.07, 6.45) is -3.18. The van der Waals surface area contributed by atoms with E-state index in [1.54, 1.807) is 6.07 Å². The summed E-state index contributed by atoms with van der Waals surface area (Å²) in [6.45, 7) is 0.612. The lowest BCUT2D eigenvalue weighted by Gasteiger charge is -2.18. The summed E-state index contributed by atoms with van der Waals surface area (Å²) < 4.78 is 38.1. The van der Waals surface area contributed by atoms with Gasteiger partial charge in [-0.2, -0.15) is 13.2 Å². The van der Waals surface area contributed by atoms with Crippen LogP contribution in [0.25, 0.3) is 0 Å². The molecule has 0 aliphatic carbocycles. The van der Waals surface area contributed by atoms with Crippen molar-refractivity contribution in [3.05, 3.63) is 65.2 Å². The minimum Gasteiger partial charge on any atom is -0.344 e. The van der Waals surface area contributed by atoms with Gasteiger partial charge in [-0.1, -0.05) is 36.4 Å². The first-order valence-corrected chi connectivity index (χ1v) is 7.07. The quantitative estimate of drug-likeness (QED) is 0.876. The lowest BCUT2D eigenvalue weighted by molar-refractivity contribution is -0.137. The molecule has 1 aliphatic rings. The Morgan fingerprint density at radius 2 is 1.82 bits per heavy atom. The fourth-order valence-corrected chi connectivity index (χ4v) is 2.46. The van der Waals surface area contributed by atoms with Crippen LogP contribution >= 0.6 is 0 Å². The van der Waals surface area contributed by atoms with Gasteiger partial charge in [-0.25, -0.2) is 0 Å². The van der Waals surface area contributed by atoms with Crippen LogP contribution in [0, 0.1) is 0 Å². The van der Waals surface area contributed by atoms with Crippen LogP contribution in [0.15, 0.2) is 53.5 Å². The van der Waals surface area contributed by atoms with Gasteiger partial charge < -0.3 is 5.32 Å². The van der Waals surface area contributed by atoms with Crippen LogP contribution in [0.5, 0.6) is 0 Å². The molecule has 0 fully saturated rings. The molecule has 3 rings (SSSR count). The molecule has 0 atom stereocenters. The van der Waals surface area contributed by atoms with Gasteiger partial charge in [-0.15, -0.1) is 0 Å². The third-order valence-corrected chi connectivity index (χ3v) is 3.64. The SMILES string of the molecule is FC(F)(F)c1cccc(CCC2=NCc3ccccc3N2)c1. The van der Waals surface area contributed by atoms with E-state index in [2.05, 4.69) is 10.3 Å². The predicted octanol–water partition coefficient (Wildman–Crippen LogP) is 4.66. The summed E-state index contributed by atoms with van der Waals surface area (Å²) in [5, 5.41) is 3.24. The highest BCUT2D eigenvalue weighted by molar-refractivity contribution is 5.97. The van der Waals surface area contributed by atoms with Gasteiger partial charge in [-0.3, -0.25) is 4.99 Å². The van der Waals surface area contributed by atoms with Gasteiger partial charge in [0.2, 0.25) is 0 Å². The van der Waals surface area contributed by atoms with E-state index >= 15 is 0 Å². The fraction of sp³-hybridized carbons (Fsp3) is 0.235. The number of benzene rings is 2. The Labute approximate surface area is 126 Å². The molecule has 1 heterocycles. The van der Waals surface area contributed by atoms with E-state index in [1.807, 2.05) is 24.3 Å². The van der Waals surface area contributed by atoms with Crippen molar-refractivity contribution in [2.75, 3.05) is 5.32 Å². The van der Waals surface area contributed by atoms with Crippen molar-refractivity contribution in [3.63, 3.8) is 0 Å². The zero-order valence-corrected chi connectivity index (χ0v) is 11.8.